The summed E-state index contributed by atoms with van der Waals surface area (Å²) in [6.07, 6.45) is 0.906. The summed E-state index contributed by atoms with van der Waals surface area (Å²) in [5.74, 6) is 2.33. The molecule has 2 aromatic heterocycles. The Balaban J connectivity index is 1.49. The number of hydrogen-bond acceptors (Lipinski definition) is 9. The number of fused-ring (bicyclic) bond motifs is 1. The molecule has 0 aliphatic carbocycles. The van der Waals surface area contributed by atoms with Crippen molar-refractivity contribution in [3.05, 3.63) is 53.9 Å². The zero-order valence-corrected chi connectivity index (χ0v) is 22.3. The Hall–Kier alpha value is -3.24. The standard InChI is InChI=1S/C26H33N7O2S/c1-6-26(2,3)33-24(28-29-30-33)23(19-12-11-18(34-4)17-21(19)35-5)31-13-15-32(16-14-31)25-27-20-9-7-8-10-22(20)36-25/h7-12,17,23H,6,13-16H2,1-5H3/t23-/m0/s1. The zero-order chi connectivity index (χ0) is 25.3. The van der Waals surface area contributed by atoms with Gasteiger partial charge in [0.2, 0.25) is 0 Å². The van der Waals surface area contributed by atoms with Crippen LogP contribution in [-0.2, 0) is 5.54 Å². The number of thiazole rings is 1. The van der Waals surface area contributed by atoms with E-state index in [9.17, 15) is 0 Å². The first-order valence-electron chi connectivity index (χ1n) is 12.3. The number of methoxy groups -OCH3 is 2. The molecule has 4 aromatic rings. The van der Waals surface area contributed by atoms with Crippen LogP contribution in [0.4, 0.5) is 5.13 Å². The predicted octanol–water partition coefficient (Wildman–Crippen LogP) is 4.36. The first-order valence-corrected chi connectivity index (χ1v) is 13.1. The third-order valence-corrected chi connectivity index (χ3v) is 8.24. The monoisotopic (exact) mass is 507 g/mol. The number of piperazine rings is 1. The van der Waals surface area contributed by atoms with Gasteiger partial charge >= 0.3 is 0 Å². The molecule has 0 spiro atoms. The van der Waals surface area contributed by atoms with E-state index in [1.54, 1.807) is 25.6 Å². The minimum Gasteiger partial charge on any atom is -0.497 e. The van der Waals surface area contributed by atoms with E-state index in [-0.39, 0.29) is 11.6 Å². The van der Waals surface area contributed by atoms with Crippen LogP contribution in [0.25, 0.3) is 10.2 Å². The minimum absolute atomic E-state index is 0.163. The summed E-state index contributed by atoms with van der Waals surface area (Å²) in [6, 6.07) is 14.1. The van der Waals surface area contributed by atoms with Crippen LogP contribution in [0, 0.1) is 0 Å². The first-order chi connectivity index (χ1) is 17.4. The molecule has 36 heavy (non-hydrogen) atoms. The van der Waals surface area contributed by atoms with Crippen LogP contribution in [0.2, 0.25) is 0 Å². The number of hydrogen-bond donors (Lipinski definition) is 0. The Morgan fingerprint density at radius 2 is 1.81 bits per heavy atom. The van der Waals surface area contributed by atoms with Crippen molar-refractivity contribution in [2.24, 2.45) is 0 Å². The number of aromatic nitrogens is 5. The molecule has 0 amide bonds. The molecule has 3 heterocycles. The van der Waals surface area contributed by atoms with Gasteiger partial charge in [-0.3, -0.25) is 4.90 Å². The molecule has 1 fully saturated rings. The fourth-order valence-electron chi connectivity index (χ4n) is 4.66. The lowest BCUT2D eigenvalue weighted by Gasteiger charge is -2.40. The second kappa shape index (κ2) is 10.0. The van der Waals surface area contributed by atoms with Gasteiger partial charge in [0, 0.05) is 37.8 Å². The van der Waals surface area contributed by atoms with E-state index in [2.05, 4.69) is 70.4 Å². The first kappa shape index (κ1) is 24.5. The van der Waals surface area contributed by atoms with Crippen molar-refractivity contribution < 1.29 is 9.47 Å². The molecule has 5 rings (SSSR count). The molecular weight excluding hydrogens is 474 g/mol. The van der Waals surface area contributed by atoms with Crippen LogP contribution in [0.3, 0.4) is 0 Å². The smallest absolute Gasteiger partial charge is 0.186 e. The van der Waals surface area contributed by atoms with Crippen molar-refractivity contribution in [2.45, 2.75) is 38.8 Å². The van der Waals surface area contributed by atoms with Gasteiger partial charge in [-0.1, -0.05) is 30.4 Å². The Bertz CT molecular complexity index is 1290. The van der Waals surface area contributed by atoms with Crippen molar-refractivity contribution in [1.82, 2.24) is 30.1 Å². The van der Waals surface area contributed by atoms with Crippen LogP contribution in [-0.4, -0.2) is 70.5 Å². The second-order valence-electron chi connectivity index (χ2n) is 9.61. The number of nitrogens with zero attached hydrogens (tertiary/aromatic N) is 7. The summed E-state index contributed by atoms with van der Waals surface area (Å²) in [4.78, 5) is 9.70. The summed E-state index contributed by atoms with van der Waals surface area (Å²) in [5, 5.41) is 14.2. The summed E-state index contributed by atoms with van der Waals surface area (Å²) >= 11 is 1.75. The quantitative estimate of drug-likeness (QED) is 0.348. The van der Waals surface area contributed by atoms with Gasteiger partial charge < -0.3 is 14.4 Å². The number of ether oxygens (including phenoxy) is 2. The topological polar surface area (TPSA) is 81.4 Å². The van der Waals surface area contributed by atoms with Crippen LogP contribution in [0.5, 0.6) is 11.5 Å². The molecule has 1 atom stereocenters. The third-order valence-electron chi connectivity index (χ3n) is 7.14. The molecule has 10 heteroatoms. The molecule has 2 aromatic carbocycles. The zero-order valence-electron chi connectivity index (χ0n) is 21.5. The normalized spacial score (nSPS) is 15.9. The van der Waals surface area contributed by atoms with Crippen molar-refractivity contribution >= 4 is 26.7 Å². The van der Waals surface area contributed by atoms with Crippen LogP contribution in [0.1, 0.15) is 44.6 Å². The van der Waals surface area contributed by atoms with E-state index in [1.165, 1.54) is 4.70 Å². The Labute approximate surface area is 215 Å². The van der Waals surface area contributed by atoms with Gasteiger partial charge in [-0.25, -0.2) is 9.67 Å². The Morgan fingerprint density at radius 1 is 1.03 bits per heavy atom. The molecule has 1 saturated heterocycles. The maximum Gasteiger partial charge on any atom is 0.186 e. The molecule has 0 unspecified atom stereocenters. The van der Waals surface area contributed by atoms with Crippen molar-refractivity contribution in [3.63, 3.8) is 0 Å². The van der Waals surface area contributed by atoms with Gasteiger partial charge in [0.15, 0.2) is 11.0 Å². The maximum absolute atomic E-state index is 5.83. The van der Waals surface area contributed by atoms with Gasteiger partial charge in [0.05, 0.1) is 30.0 Å². The summed E-state index contributed by atoms with van der Waals surface area (Å²) in [6.45, 7) is 9.91. The highest BCUT2D eigenvalue weighted by atomic mass is 32.1. The van der Waals surface area contributed by atoms with E-state index in [1.807, 2.05) is 22.9 Å². The average Bonchev–Trinajstić information content (AvgIpc) is 3.57. The van der Waals surface area contributed by atoms with Crippen LogP contribution >= 0.6 is 11.3 Å². The summed E-state index contributed by atoms with van der Waals surface area (Å²) < 4.78 is 14.5. The molecule has 0 radical (unpaired) electrons. The van der Waals surface area contributed by atoms with Crippen molar-refractivity contribution in [3.8, 4) is 11.5 Å². The SMILES string of the molecule is CCC(C)(C)n1nnnc1[C@H](c1ccc(OC)cc1OC)N1CCN(c2nc3ccccc3s2)CC1. The van der Waals surface area contributed by atoms with Gasteiger partial charge in [0.25, 0.3) is 0 Å². The predicted molar refractivity (Wildman–Crippen MR) is 142 cm³/mol. The second-order valence-corrected chi connectivity index (χ2v) is 10.6. The summed E-state index contributed by atoms with van der Waals surface area (Å²) in [5.41, 5.74) is 1.86. The third kappa shape index (κ3) is 4.51. The number of benzene rings is 2. The number of anilines is 1. The molecule has 0 bridgehead atoms. The fourth-order valence-corrected chi connectivity index (χ4v) is 5.67. The van der Waals surface area contributed by atoms with Crippen molar-refractivity contribution in [2.75, 3.05) is 45.3 Å². The van der Waals surface area contributed by atoms with E-state index in [0.29, 0.717) is 0 Å². The van der Waals surface area contributed by atoms with E-state index in [4.69, 9.17) is 14.5 Å². The van der Waals surface area contributed by atoms with Crippen LogP contribution in [0.15, 0.2) is 42.5 Å². The Kier molecular flexibility index (Phi) is 6.81. The summed E-state index contributed by atoms with van der Waals surface area (Å²) in [7, 11) is 3.36. The molecule has 0 N–H and O–H groups in total. The lowest BCUT2D eigenvalue weighted by Crippen LogP contribution is -2.49. The highest BCUT2D eigenvalue weighted by molar-refractivity contribution is 7.22. The van der Waals surface area contributed by atoms with Crippen LogP contribution < -0.4 is 14.4 Å². The fraction of sp³-hybridized carbons (Fsp3) is 0.462. The van der Waals surface area contributed by atoms with Crippen molar-refractivity contribution in [1.29, 1.82) is 0 Å². The van der Waals surface area contributed by atoms with Gasteiger partial charge in [0.1, 0.15) is 17.5 Å². The number of para-hydroxylation sites is 1. The highest BCUT2D eigenvalue weighted by Gasteiger charge is 2.36. The number of tetrazole rings is 1. The van der Waals surface area contributed by atoms with E-state index in [0.717, 1.165) is 66.1 Å². The molecule has 1 aliphatic rings. The lowest BCUT2D eigenvalue weighted by molar-refractivity contribution is 0.184. The van der Waals surface area contributed by atoms with Gasteiger partial charge in [-0.15, -0.1) is 5.10 Å². The van der Waals surface area contributed by atoms with E-state index < -0.39 is 0 Å². The molecule has 190 valence electrons. The maximum atomic E-state index is 5.83. The highest BCUT2D eigenvalue weighted by Crippen LogP contribution is 2.38. The van der Waals surface area contributed by atoms with Gasteiger partial charge in [-0.2, -0.15) is 0 Å². The largest absolute Gasteiger partial charge is 0.497 e. The lowest BCUT2D eigenvalue weighted by atomic mass is 9.98. The van der Waals surface area contributed by atoms with E-state index >= 15 is 0 Å². The Morgan fingerprint density at radius 3 is 2.50 bits per heavy atom. The molecular formula is C26H33N7O2S. The molecule has 1 aliphatic heterocycles. The number of rotatable bonds is 8. The minimum atomic E-state index is -0.223. The average molecular weight is 508 g/mol. The molecule has 9 nitrogen and oxygen atoms in total. The molecule has 0 saturated carbocycles. The van der Waals surface area contributed by atoms with Gasteiger partial charge in [-0.05, 0) is 55.0 Å².